The minimum atomic E-state index is -0.218. The van der Waals surface area contributed by atoms with Gasteiger partial charge in [0.2, 0.25) is 5.91 Å². The maximum Gasteiger partial charge on any atom is 0.242 e. The SMILES string of the molecule is C[C@H](Nc1ccc2ccccc2c1)C(=O)NC12CC3CC(CC(C3)C1)C2. The average Bonchev–Trinajstić information content (AvgIpc) is 2.60. The Hall–Kier alpha value is -2.03. The fourth-order valence-corrected chi connectivity index (χ4v) is 6.23. The van der Waals surface area contributed by atoms with Gasteiger partial charge in [-0.15, -0.1) is 0 Å². The Morgan fingerprint density at radius 2 is 1.58 bits per heavy atom. The summed E-state index contributed by atoms with van der Waals surface area (Å²) in [5, 5.41) is 9.31. The summed E-state index contributed by atoms with van der Waals surface area (Å²) in [6, 6.07) is 14.4. The maximum atomic E-state index is 12.9. The highest BCUT2D eigenvalue weighted by molar-refractivity contribution is 5.88. The monoisotopic (exact) mass is 348 g/mol. The number of rotatable bonds is 4. The van der Waals surface area contributed by atoms with Gasteiger partial charge in [0.15, 0.2) is 0 Å². The molecule has 2 aromatic rings. The lowest BCUT2D eigenvalue weighted by atomic mass is 9.53. The molecule has 0 aromatic heterocycles. The normalized spacial score (nSPS) is 33.2. The Balaban J connectivity index is 1.28. The van der Waals surface area contributed by atoms with E-state index in [1.165, 1.54) is 49.3 Å². The van der Waals surface area contributed by atoms with E-state index in [-0.39, 0.29) is 17.5 Å². The van der Waals surface area contributed by atoms with E-state index in [0.29, 0.717) is 0 Å². The molecule has 4 bridgehead atoms. The first-order valence-electron chi connectivity index (χ1n) is 10.2. The molecule has 0 heterocycles. The molecule has 26 heavy (non-hydrogen) atoms. The van der Waals surface area contributed by atoms with Gasteiger partial charge in [-0.25, -0.2) is 0 Å². The van der Waals surface area contributed by atoms with Crippen molar-refractivity contribution in [2.75, 3.05) is 5.32 Å². The van der Waals surface area contributed by atoms with Crippen molar-refractivity contribution in [2.45, 2.75) is 57.0 Å². The summed E-state index contributed by atoms with van der Waals surface area (Å²) in [5.41, 5.74) is 1.10. The zero-order valence-electron chi connectivity index (χ0n) is 15.5. The first-order valence-corrected chi connectivity index (χ1v) is 10.2. The van der Waals surface area contributed by atoms with Crippen LogP contribution in [0.1, 0.15) is 45.4 Å². The number of carbonyl (C=O) groups is 1. The summed E-state index contributed by atoms with van der Waals surface area (Å²) >= 11 is 0. The molecule has 4 aliphatic carbocycles. The molecular weight excluding hydrogens is 320 g/mol. The molecule has 4 fully saturated rings. The molecule has 1 atom stereocenters. The second-order valence-electron chi connectivity index (χ2n) is 9.12. The van der Waals surface area contributed by atoms with Gasteiger partial charge in [0.05, 0.1) is 0 Å². The molecule has 0 aliphatic heterocycles. The number of hydrogen-bond acceptors (Lipinski definition) is 2. The molecule has 0 unspecified atom stereocenters. The Morgan fingerprint density at radius 3 is 2.23 bits per heavy atom. The van der Waals surface area contributed by atoms with E-state index in [1.54, 1.807) is 0 Å². The summed E-state index contributed by atoms with van der Waals surface area (Å²) in [6.45, 7) is 1.98. The van der Waals surface area contributed by atoms with E-state index in [2.05, 4.69) is 53.1 Å². The third kappa shape index (κ3) is 2.87. The predicted octanol–water partition coefficient (Wildman–Crippen LogP) is 4.73. The highest BCUT2D eigenvalue weighted by Crippen LogP contribution is 2.55. The van der Waals surface area contributed by atoms with Gasteiger partial charge in [-0.05, 0) is 86.1 Å². The van der Waals surface area contributed by atoms with Crippen LogP contribution in [0, 0.1) is 17.8 Å². The second kappa shape index (κ2) is 6.00. The number of carbonyl (C=O) groups excluding carboxylic acids is 1. The molecule has 3 nitrogen and oxygen atoms in total. The lowest BCUT2D eigenvalue weighted by Crippen LogP contribution is -2.61. The number of benzene rings is 2. The molecule has 2 N–H and O–H groups in total. The Kier molecular flexibility index (Phi) is 3.73. The number of hydrogen-bond donors (Lipinski definition) is 2. The third-order valence-corrected chi connectivity index (χ3v) is 6.95. The van der Waals surface area contributed by atoms with Crippen molar-refractivity contribution in [1.29, 1.82) is 0 Å². The lowest BCUT2D eigenvalue weighted by Gasteiger charge is -2.57. The van der Waals surface area contributed by atoms with E-state index < -0.39 is 0 Å². The van der Waals surface area contributed by atoms with Gasteiger partial charge in [0.1, 0.15) is 6.04 Å². The third-order valence-electron chi connectivity index (χ3n) is 6.95. The summed E-state index contributed by atoms with van der Waals surface area (Å²) in [5.74, 6) is 2.71. The van der Waals surface area contributed by atoms with Crippen LogP contribution in [0.25, 0.3) is 10.8 Å². The van der Waals surface area contributed by atoms with Gasteiger partial charge < -0.3 is 10.6 Å². The molecule has 2 aromatic carbocycles. The van der Waals surface area contributed by atoms with Gasteiger partial charge in [-0.3, -0.25) is 4.79 Å². The smallest absolute Gasteiger partial charge is 0.242 e. The molecular formula is C23H28N2O. The van der Waals surface area contributed by atoms with Crippen molar-refractivity contribution in [3.05, 3.63) is 42.5 Å². The topological polar surface area (TPSA) is 41.1 Å². The van der Waals surface area contributed by atoms with E-state index in [0.717, 1.165) is 23.4 Å². The fraction of sp³-hybridized carbons (Fsp3) is 0.522. The van der Waals surface area contributed by atoms with E-state index in [1.807, 2.05) is 6.92 Å². The summed E-state index contributed by atoms with van der Waals surface area (Å²) in [4.78, 5) is 12.9. The quantitative estimate of drug-likeness (QED) is 0.839. The molecule has 1 amide bonds. The van der Waals surface area contributed by atoms with E-state index >= 15 is 0 Å². The Morgan fingerprint density at radius 1 is 0.962 bits per heavy atom. The average molecular weight is 348 g/mol. The van der Waals surface area contributed by atoms with Crippen LogP contribution in [0.3, 0.4) is 0 Å². The fourth-order valence-electron chi connectivity index (χ4n) is 6.23. The highest BCUT2D eigenvalue weighted by atomic mass is 16.2. The van der Waals surface area contributed by atoms with Crippen LogP contribution in [0.4, 0.5) is 5.69 Å². The Bertz CT molecular complexity index is 808. The molecule has 136 valence electrons. The van der Waals surface area contributed by atoms with Gasteiger partial charge >= 0.3 is 0 Å². The minimum absolute atomic E-state index is 0.0885. The Labute approximate surface area is 155 Å². The van der Waals surface area contributed by atoms with Gasteiger partial charge in [-0.1, -0.05) is 30.3 Å². The summed E-state index contributed by atoms with van der Waals surface area (Å²) < 4.78 is 0. The van der Waals surface area contributed by atoms with Crippen molar-refractivity contribution < 1.29 is 4.79 Å². The molecule has 6 rings (SSSR count). The maximum absolute atomic E-state index is 12.9. The van der Waals surface area contributed by atoms with Gasteiger partial charge in [-0.2, -0.15) is 0 Å². The van der Waals surface area contributed by atoms with Crippen molar-refractivity contribution >= 4 is 22.4 Å². The summed E-state index contributed by atoms with van der Waals surface area (Å²) in [6.07, 6.45) is 7.81. The predicted molar refractivity (Wildman–Crippen MR) is 106 cm³/mol. The zero-order chi connectivity index (χ0) is 17.7. The number of anilines is 1. The largest absolute Gasteiger partial charge is 0.374 e. The van der Waals surface area contributed by atoms with E-state index in [9.17, 15) is 4.79 Å². The van der Waals surface area contributed by atoms with Crippen LogP contribution in [0.15, 0.2) is 42.5 Å². The number of nitrogens with one attached hydrogen (secondary N) is 2. The minimum Gasteiger partial charge on any atom is -0.374 e. The van der Waals surface area contributed by atoms with Crippen LogP contribution in [0.2, 0.25) is 0 Å². The molecule has 3 heteroatoms. The number of amides is 1. The zero-order valence-corrected chi connectivity index (χ0v) is 15.5. The van der Waals surface area contributed by atoms with Crippen LogP contribution in [-0.2, 0) is 4.79 Å². The van der Waals surface area contributed by atoms with Crippen LogP contribution < -0.4 is 10.6 Å². The molecule has 4 aliphatic rings. The molecule has 0 radical (unpaired) electrons. The van der Waals surface area contributed by atoms with Gasteiger partial charge in [0.25, 0.3) is 0 Å². The lowest BCUT2D eigenvalue weighted by molar-refractivity contribution is -0.127. The van der Waals surface area contributed by atoms with Crippen molar-refractivity contribution in [2.24, 2.45) is 17.8 Å². The molecule has 0 spiro atoms. The van der Waals surface area contributed by atoms with Crippen molar-refractivity contribution in [3.8, 4) is 0 Å². The standard InChI is InChI=1S/C23H28N2O/c1-15(24-21-7-6-19-4-2-3-5-20(19)11-21)22(26)25-23-12-16-8-17(13-23)10-18(9-16)14-23/h2-7,11,15-18,24H,8-10,12-14H2,1H3,(H,25,26)/t15-,16?,17?,18?,23?/m0/s1. The van der Waals surface area contributed by atoms with Gasteiger partial charge in [0, 0.05) is 11.2 Å². The molecule has 4 saturated carbocycles. The van der Waals surface area contributed by atoms with Crippen LogP contribution >= 0.6 is 0 Å². The first kappa shape index (κ1) is 16.2. The number of fused-ring (bicyclic) bond motifs is 1. The van der Waals surface area contributed by atoms with E-state index in [4.69, 9.17) is 0 Å². The van der Waals surface area contributed by atoms with Crippen molar-refractivity contribution in [1.82, 2.24) is 5.32 Å². The van der Waals surface area contributed by atoms with Crippen LogP contribution in [-0.4, -0.2) is 17.5 Å². The second-order valence-corrected chi connectivity index (χ2v) is 9.12. The van der Waals surface area contributed by atoms with Crippen LogP contribution in [0.5, 0.6) is 0 Å². The first-order chi connectivity index (χ1) is 12.6. The molecule has 0 saturated heterocycles. The summed E-state index contributed by atoms with van der Waals surface area (Å²) in [7, 11) is 0. The van der Waals surface area contributed by atoms with Crippen molar-refractivity contribution in [3.63, 3.8) is 0 Å². The highest BCUT2D eigenvalue weighted by Gasteiger charge is 2.51.